The van der Waals surface area contributed by atoms with Crippen LogP contribution in [0.1, 0.15) is 36.3 Å². The van der Waals surface area contributed by atoms with Crippen LogP contribution in [0.3, 0.4) is 0 Å². The molecule has 0 amide bonds. The number of halogens is 4. The van der Waals surface area contributed by atoms with E-state index in [0.717, 1.165) is 6.07 Å². The fourth-order valence-electron chi connectivity index (χ4n) is 2.90. The van der Waals surface area contributed by atoms with Crippen molar-refractivity contribution in [3.05, 3.63) is 62.9 Å². The maximum absolute atomic E-state index is 13.3. The van der Waals surface area contributed by atoms with Gasteiger partial charge in [0.1, 0.15) is 16.7 Å². The van der Waals surface area contributed by atoms with Gasteiger partial charge in [0.15, 0.2) is 0 Å². The molecule has 2 aromatic heterocycles. The second-order valence-electron chi connectivity index (χ2n) is 6.50. The Labute approximate surface area is 168 Å². The van der Waals surface area contributed by atoms with Gasteiger partial charge in [-0.1, -0.05) is 23.7 Å². The van der Waals surface area contributed by atoms with E-state index in [1.807, 2.05) is 0 Å². The van der Waals surface area contributed by atoms with Crippen LogP contribution in [0.2, 0.25) is 5.15 Å². The summed E-state index contributed by atoms with van der Waals surface area (Å²) < 4.78 is 45.4. The standard InChI is InChI=1S/C19H18ClF3N4O2/c1-10(24)11-4-2-5-13(19(21,22)23)17(11)29-7-3-6-16-26-14-9-25-15(20)8-12(14)18(28)27-16/h2,4-5,8-10H,3,6-7,24H2,1H3,(H,26,27,28)/t10-/m1/s1. The number of alkyl halides is 3. The molecule has 0 radical (unpaired) electrons. The number of nitrogens with two attached hydrogens (primary N) is 1. The van der Waals surface area contributed by atoms with Crippen molar-refractivity contribution in [2.24, 2.45) is 5.73 Å². The first-order valence-corrected chi connectivity index (χ1v) is 9.17. The second-order valence-corrected chi connectivity index (χ2v) is 6.89. The van der Waals surface area contributed by atoms with Crippen LogP contribution in [0.15, 0.2) is 35.3 Å². The Hall–Kier alpha value is -2.65. The summed E-state index contributed by atoms with van der Waals surface area (Å²) >= 11 is 5.77. The number of H-pyrrole nitrogens is 1. The third-order valence-corrected chi connectivity index (χ3v) is 4.46. The molecular weight excluding hydrogens is 409 g/mol. The van der Waals surface area contributed by atoms with E-state index in [1.165, 1.54) is 24.4 Å². The second kappa shape index (κ2) is 8.38. The van der Waals surface area contributed by atoms with E-state index in [1.54, 1.807) is 6.92 Å². The smallest absolute Gasteiger partial charge is 0.419 e. The molecule has 0 aliphatic carbocycles. The van der Waals surface area contributed by atoms with Gasteiger partial charge in [0.05, 0.1) is 29.3 Å². The molecule has 6 nitrogen and oxygen atoms in total. The van der Waals surface area contributed by atoms with Crippen molar-refractivity contribution in [2.45, 2.75) is 32.0 Å². The number of nitrogens with one attached hydrogen (secondary N) is 1. The maximum Gasteiger partial charge on any atom is 0.419 e. The molecule has 0 aliphatic rings. The highest BCUT2D eigenvalue weighted by molar-refractivity contribution is 6.30. The highest BCUT2D eigenvalue weighted by atomic mass is 35.5. The number of ether oxygens (including phenoxy) is 1. The number of rotatable bonds is 6. The summed E-state index contributed by atoms with van der Waals surface area (Å²) in [6.07, 6.45) is -2.53. The van der Waals surface area contributed by atoms with Crippen molar-refractivity contribution in [2.75, 3.05) is 6.61 Å². The number of hydrogen-bond acceptors (Lipinski definition) is 5. The molecule has 1 aromatic carbocycles. The molecule has 0 fully saturated rings. The zero-order valence-electron chi connectivity index (χ0n) is 15.4. The molecule has 3 rings (SSSR count). The predicted octanol–water partition coefficient (Wildman–Crippen LogP) is 4.02. The molecule has 10 heteroatoms. The van der Waals surface area contributed by atoms with Gasteiger partial charge in [-0.3, -0.25) is 4.79 Å². The first-order chi connectivity index (χ1) is 13.7. The van der Waals surface area contributed by atoms with Crippen LogP contribution in [-0.4, -0.2) is 21.6 Å². The highest BCUT2D eigenvalue weighted by Gasteiger charge is 2.35. The van der Waals surface area contributed by atoms with Crippen LogP contribution in [0, 0.1) is 0 Å². The molecular formula is C19H18ClF3N4O2. The van der Waals surface area contributed by atoms with Crippen molar-refractivity contribution in [1.29, 1.82) is 0 Å². The number of hydrogen-bond donors (Lipinski definition) is 2. The molecule has 0 aliphatic heterocycles. The Morgan fingerprint density at radius 3 is 2.79 bits per heavy atom. The highest BCUT2D eigenvalue weighted by Crippen LogP contribution is 2.39. The average molecular weight is 427 g/mol. The third kappa shape index (κ3) is 4.86. The fourth-order valence-corrected chi connectivity index (χ4v) is 3.05. The average Bonchev–Trinajstić information content (AvgIpc) is 2.65. The van der Waals surface area contributed by atoms with Crippen LogP contribution in [0.4, 0.5) is 13.2 Å². The van der Waals surface area contributed by atoms with Crippen LogP contribution in [-0.2, 0) is 12.6 Å². The summed E-state index contributed by atoms with van der Waals surface area (Å²) in [7, 11) is 0. The number of aromatic nitrogens is 3. The first kappa shape index (κ1) is 21.1. The van der Waals surface area contributed by atoms with Crippen molar-refractivity contribution in [3.8, 4) is 5.75 Å². The number of pyridine rings is 1. The quantitative estimate of drug-likeness (QED) is 0.458. The summed E-state index contributed by atoms with van der Waals surface area (Å²) in [5, 5.41) is 0.491. The van der Waals surface area contributed by atoms with Gasteiger partial charge >= 0.3 is 6.18 Å². The Morgan fingerprint density at radius 1 is 1.34 bits per heavy atom. The van der Waals surface area contributed by atoms with E-state index in [0.29, 0.717) is 29.6 Å². The Bertz CT molecular complexity index is 1080. The van der Waals surface area contributed by atoms with Gasteiger partial charge in [-0.2, -0.15) is 13.2 Å². The van der Waals surface area contributed by atoms with E-state index in [-0.39, 0.29) is 28.6 Å². The van der Waals surface area contributed by atoms with Crippen molar-refractivity contribution in [3.63, 3.8) is 0 Å². The lowest BCUT2D eigenvalue weighted by Gasteiger charge is -2.19. The third-order valence-electron chi connectivity index (χ3n) is 4.25. The summed E-state index contributed by atoms with van der Waals surface area (Å²) in [5.41, 5.74) is 5.22. The van der Waals surface area contributed by atoms with Crippen LogP contribution < -0.4 is 16.0 Å². The lowest BCUT2D eigenvalue weighted by molar-refractivity contribution is -0.139. The number of aromatic amines is 1. The van der Waals surface area contributed by atoms with Crippen molar-refractivity contribution >= 4 is 22.5 Å². The van der Waals surface area contributed by atoms with E-state index >= 15 is 0 Å². The minimum Gasteiger partial charge on any atom is -0.493 e. The van der Waals surface area contributed by atoms with Crippen LogP contribution in [0.25, 0.3) is 10.9 Å². The van der Waals surface area contributed by atoms with E-state index in [2.05, 4.69) is 15.0 Å². The lowest BCUT2D eigenvalue weighted by atomic mass is 10.0. The first-order valence-electron chi connectivity index (χ1n) is 8.79. The summed E-state index contributed by atoms with van der Waals surface area (Å²) in [6, 6.07) is 4.57. The molecule has 0 bridgehead atoms. The van der Waals surface area contributed by atoms with Gasteiger partial charge < -0.3 is 15.5 Å². The Morgan fingerprint density at radius 2 is 2.10 bits per heavy atom. The monoisotopic (exact) mass is 426 g/mol. The van der Waals surface area contributed by atoms with E-state index in [9.17, 15) is 18.0 Å². The van der Waals surface area contributed by atoms with Gasteiger partial charge in [-0.15, -0.1) is 0 Å². The van der Waals surface area contributed by atoms with Gasteiger partial charge in [0, 0.05) is 18.0 Å². The largest absolute Gasteiger partial charge is 0.493 e. The number of para-hydroxylation sites is 1. The minimum atomic E-state index is -4.56. The van der Waals surface area contributed by atoms with Gasteiger partial charge in [0.25, 0.3) is 5.56 Å². The molecule has 29 heavy (non-hydrogen) atoms. The lowest BCUT2D eigenvalue weighted by Crippen LogP contribution is -2.16. The number of fused-ring (bicyclic) bond motifs is 1. The molecule has 154 valence electrons. The van der Waals surface area contributed by atoms with Crippen LogP contribution >= 0.6 is 11.6 Å². The van der Waals surface area contributed by atoms with E-state index in [4.69, 9.17) is 22.1 Å². The van der Waals surface area contributed by atoms with E-state index < -0.39 is 17.8 Å². The number of benzene rings is 1. The topological polar surface area (TPSA) is 93.9 Å². The maximum atomic E-state index is 13.3. The van der Waals surface area contributed by atoms with Gasteiger partial charge in [-0.05, 0) is 25.5 Å². The normalized spacial score (nSPS) is 12.9. The number of nitrogens with zero attached hydrogens (tertiary/aromatic N) is 2. The molecule has 0 unspecified atom stereocenters. The predicted molar refractivity (Wildman–Crippen MR) is 103 cm³/mol. The molecule has 0 spiro atoms. The Kier molecular flexibility index (Phi) is 6.09. The molecule has 0 saturated carbocycles. The molecule has 0 saturated heterocycles. The molecule has 3 aromatic rings. The molecule has 1 atom stereocenters. The van der Waals surface area contributed by atoms with Crippen molar-refractivity contribution < 1.29 is 17.9 Å². The van der Waals surface area contributed by atoms with Crippen molar-refractivity contribution in [1.82, 2.24) is 15.0 Å². The zero-order valence-corrected chi connectivity index (χ0v) is 16.1. The Balaban J connectivity index is 1.73. The summed E-state index contributed by atoms with van der Waals surface area (Å²) in [5.74, 6) is 0.112. The molecule has 2 heterocycles. The van der Waals surface area contributed by atoms with Crippen LogP contribution in [0.5, 0.6) is 5.75 Å². The summed E-state index contributed by atoms with van der Waals surface area (Å²) in [4.78, 5) is 22.9. The SMILES string of the molecule is C[C@@H](N)c1cccc(C(F)(F)F)c1OCCCc1nc2cnc(Cl)cc2c(=O)[nH]1. The fraction of sp³-hybridized carbons (Fsp3) is 0.316. The van der Waals surface area contributed by atoms with Gasteiger partial charge in [-0.25, -0.2) is 9.97 Å². The molecule has 3 N–H and O–H groups in total. The number of aryl methyl sites for hydroxylation is 1. The zero-order chi connectivity index (χ0) is 21.2. The minimum absolute atomic E-state index is 0.00652. The summed E-state index contributed by atoms with van der Waals surface area (Å²) in [6.45, 7) is 1.58. The van der Waals surface area contributed by atoms with Gasteiger partial charge in [0.2, 0.25) is 0 Å².